The summed E-state index contributed by atoms with van der Waals surface area (Å²) in [6, 6.07) is 7.95. The number of carbonyl (C=O) groups is 1. The van der Waals surface area contributed by atoms with Crippen molar-refractivity contribution in [3.8, 4) is 0 Å². The van der Waals surface area contributed by atoms with Gasteiger partial charge in [-0.25, -0.2) is 0 Å². The Labute approximate surface area is 130 Å². The first-order valence-electron chi connectivity index (χ1n) is 8.00. The summed E-state index contributed by atoms with van der Waals surface area (Å²) in [5.74, 6) is 1.34. The van der Waals surface area contributed by atoms with Crippen LogP contribution < -0.4 is 0 Å². The van der Waals surface area contributed by atoms with E-state index in [2.05, 4.69) is 18.1 Å². The molecule has 4 nitrogen and oxygen atoms in total. The van der Waals surface area contributed by atoms with Gasteiger partial charge in [0, 0.05) is 25.5 Å². The Kier molecular flexibility index (Phi) is 3.06. The molecule has 0 radical (unpaired) electrons. The number of fused-ring (bicyclic) bond motifs is 2. The standard InChI is InChI=1S/C18H21N3O/c1-12-7-8-13-10-21(11-14(13)9-12)18(22)17-15-5-3-4-6-16(15)20(2)19-17/h3-7,13-14H,8-11H2,1-2H3. The average molecular weight is 295 g/mol. The highest BCUT2D eigenvalue weighted by molar-refractivity contribution is 6.04. The predicted octanol–water partition coefficient (Wildman–Crippen LogP) is 3.00. The molecule has 1 saturated heterocycles. The van der Waals surface area contributed by atoms with Gasteiger partial charge in [-0.05, 0) is 37.7 Å². The van der Waals surface area contributed by atoms with Gasteiger partial charge in [0.1, 0.15) is 0 Å². The molecule has 0 saturated carbocycles. The zero-order chi connectivity index (χ0) is 15.3. The summed E-state index contributed by atoms with van der Waals surface area (Å²) in [5, 5.41) is 5.44. The number of rotatable bonds is 1. The number of hydrogen-bond acceptors (Lipinski definition) is 2. The zero-order valence-corrected chi connectivity index (χ0v) is 13.1. The lowest BCUT2D eigenvalue weighted by Crippen LogP contribution is -2.29. The van der Waals surface area contributed by atoms with E-state index in [0.717, 1.165) is 36.8 Å². The summed E-state index contributed by atoms with van der Waals surface area (Å²) in [5.41, 5.74) is 3.08. The Morgan fingerprint density at radius 3 is 2.86 bits per heavy atom. The maximum atomic E-state index is 12.9. The van der Waals surface area contributed by atoms with Crippen LogP contribution >= 0.6 is 0 Å². The number of aromatic nitrogens is 2. The molecular weight excluding hydrogens is 274 g/mol. The monoisotopic (exact) mass is 295 g/mol. The number of benzene rings is 1. The van der Waals surface area contributed by atoms with E-state index in [1.165, 1.54) is 5.57 Å². The first-order chi connectivity index (χ1) is 10.6. The Balaban J connectivity index is 1.62. The summed E-state index contributed by atoms with van der Waals surface area (Å²) in [7, 11) is 1.90. The van der Waals surface area contributed by atoms with E-state index in [9.17, 15) is 4.79 Å². The molecule has 22 heavy (non-hydrogen) atoms. The highest BCUT2D eigenvalue weighted by Crippen LogP contribution is 2.36. The van der Waals surface area contributed by atoms with E-state index >= 15 is 0 Å². The van der Waals surface area contributed by atoms with Gasteiger partial charge in [-0.1, -0.05) is 29.8 Å². The van der Waals surface area contributed by atoms with Crippen LogP contribution in [0.5, 0.6) is 0 Å². The minimum Gasteiger partial charge on any atom is -0.337 e. The van der Waals surface area contributed by atoms with Crippen LogP contribution in [0.15, 0.2) is 35.9 Å². The number of allylic oxidation sites excluding steroid dienone is 2. The maximum absolute atomic E-state index is 12.9. The molecule has 4 heteroatoms. The van der Waals surface area contributed by atoms with Gasteiger partial charge >= 0.3 is 0 Å². The van der Waals surface area contributed by atoms with Crippen LogP contribution in [-0.4, -0.2) is 33.7 Å². The summed E-state index contributed by atoms with van der Waals surface area (Å²) >= 11 is 0. The maximum Gasteiger partial charge on any atom is 0.275 e. The number of aryl methyl sites for hydroxylation is 1. The molecule has 1 aromatic carbocycles. The van der Waals surface area contributed by atoms with E-state index in [0.29, 0.717) is 17.5 Å². The van der Waals surface area contributed by atoms with Gasteiger partial charge in [-0.3, -0.25) is 9.48 Å². The molecule has 4 rings (SSSR count). The molecule has 2 atom stereocenters. The van der Waals surface area contributed by atoms with Gasteiger partial charge in [-0.2, -0.15) is 5.10 Å². The van der Waals surface area contributed by atoms with Crippen molar-refractivity contribution < 1.29 is 4.79 Å². The normalized spacial score (nSPS) is 24.5. The van der Waals surface area contributed by atoms with Crippen LogP contribution in [0.3, 0.4) is 0 Å². The smallest absolute Gasteiger partial charge is 0.275 e. The Morgan fingerprint density at radius 1 is 1.23 bits per heavy atom. The first kappa shape index (κ1) is 13.6. The molecule has 2 aliphatic rings. The molecule has 2 heterocycles. The fraction of sp³-hybridized carbons (Fsp3) is 0.444. The van der Waals surface area contributed by atoms with Crippen LogP contribution in [0.4, 0.5) is 0 Å². The lowest BCUT2D eigenvalue weighted by Gasteiger charge is -2.21. The summed E-state index contributed by atoms with van der Waals surface area (Å²) in [6.07, 6.45) is 4.59. The van der Waals surface area contributed by atoms with Crippen molar-refractivity contribution in [3.05, 3.63) is 41.6 Å². The average Bonchev–Trinajstić information content (AvgIpc) is 3.08. The lowest BCUT2D eigenvalue weighted by molar-refractivity contribution is 0.0779. The second-order valence-electron chi connectivity index (χ2n) is 6.71. The quantitative estimate of drug-likeness (QED) is 0.759. The molecular formula is C18H21N3O. The number of amides is 1. The van der Waals surface area contributed by atoms with Gasteiger partial charge in [0.2, 0.25) is 0 Å². The van der Waals surface area contributed by atoms with E-state index in [1.807, 2.05) is 36.2 Å². The van der Waals surface area contributed by atoms with Crippen LogP contribution in [0.25, 0.3) is 10.9 Å². The number of carbonyl (C=O) groups excluding carboxylic acids is 1. The number of likely N-dealkylation sites (tertiary alicyclic amines) is 1. The van der Waals surface area contributed by atoms with Gasteiger partial charge in [0.05, 0.1) is 5.52 Å². The fourth-order valence-electron chi connectivity index (χ4n) is 3.97. The second kappa shape index (κ2) is 4.97. The van der Waals surface area contributed by atoms with Gasteiger partial charge in [0.15, 0.2) is 5.69 Å². The Bertz CT molecular complexity index is 774. The van der Waals surface area contributed by atoms with Crippen LogP contribution in [0.2, 0.25) is 0 Å². The molecule has 2 unspecified atom stereocenters. The van der Waals surface area contributed by atoms with Crippen molar-refractivity contribution in [2.75, 3.05) is 13.1 Å². The Morgan fingerprint density at radius 2 is 2.00 bits per heavy atom. The minimum absolute atomic E-state index is 0.0869. The highest BCUT2D eigenvalue weighted by atomic mass is 16.2. The van der Waals surface area contributed by atoms with E-state index in [4.69, 9.17) is 0 Å². The van der Waals surface area contributed by atoms with Crippen LogP contribution in [0, 0.1) is 11.8 Å². The van der Waals surface area contributed by atoms with E-state index in [1.54, 1.807) is 4.68 Å². The molecule has 0 spiro atoms. The van der Waals surface area contributed by atoms with Crippen molar-refractivity contribution in [2.45, 2.75) is 19.8 Å². The fourth-order valence-corrected chi connectivity index (χ4v) is 3.97. The van der Waals surface area contributed by atoms with Crippen molar-refractivity contribution in [3.63, 3.8) is 0 Å². The lowest BCUT2D eigenvalue weighted by atomic mass is 9.83. The molecule has 1 aliphatic carbocycles. The van der Waals surface area contributed by atoms with Crippen molar-refractivity contribution in [2.24, 2.45) is 18.9 Å². The van der Waals surface area contributed by atoms with Crippen molar-refractivity contribution in [1.29, 1.82) is 0 Å². The third kappa shape index (κ3) is 2.05. The molecule has 114 valence electrons. The summed E-state index contributed by atoms with van der Waals surface area (Å²) < 4.78 is 1.80. The molecule has 0 bridgehead atoms. The molecule has 1 fully saturated rings. The molecule has 0 N–H and O–H groups in total. The van der Waals surface area contributed by atoms with Gasteiger partial charge < -0.3 is 4.90 Å². The van der Waals surface area contributed by atoms with E-state index < -0.39 is 0 Å². The SMILES string of the molecule is CC1=CCC2CN(C(=O)c3nn(C)c4ccccc34)CC2C1. The highest BCUT2D eigenvalue weighted by Gasteiger charge is 2.37. The topological polar surface area (TPSA) is 38.1 Å². The minimum atomic E-state index is 0.0869. The largest absolute Gasteiger partial charge is 0.337 e. The molecule has 1 aromatic heterocycles. The number of nitrogens with zero attached hydrogens (tertiary/aromatic N) is 3. The summed E-state index contributed by atoms with van der Waals surface area (Å²) in [4.78, 5) is 14.9. The molecule has 2 aromatic rings. The predicted molar refractivity (Wildman–Crippen MR) is 86.6 cm³/mol. The zero-order valence-electron chi connectivity index (χ0n) is 13.1. The number of para-hydroxylation sites is 1. The van der Waals surface area contributed by atoms with Gasteiger partial charge in [0.25, 0.3) is 5.91 Å². The van der Waals surface area contributed by atoms with Crippen molar-refractivity contribution in [1.82, 2.24) is 14.7 Å². The van der Waals surface area contributed by atoms with Gasteiger partial charge in [-0.15, -0.1) is 0 Å². The van der Waals surface area contributed by atoms with Crippen LogP contribution in [0.1, 0.15) is 30.3 Å². The molecule has 1 aliphatic heterocycles. The molecule has 1 amide bonds. The number of hydrogen-bond donors (Lipinski definition) is 0. The third-order valence-electron chi connectivity index (χ3n) is 5.18. The second-order valence-corrected chi connectivity index (χ2v) is 6.71. The van der Waals surface area contributed by atoms with Crippen molar-refractivity contribution >= 4 is 16.8 Å². The van der Waals surface area contributed by atoms with E-state index in [-0.39, 0.29) is 5.91 Å². The Hall–Kier alpha value is -2.10. The van der Waals surface area contributed by atoms with Crippen LogP contribution in [-0.2, 0) is 7.05 Å². The first-order valence-corrected chi connectivity index (χ1v) is 8.00. The third-order valence-corrected chi connectivity index (χ3v) is 5.18. The summed E-state index contributed by atoms with van der Waals surface area (Å²) in [6.45, 7) is 3.95.